The lowest BCUT2D eigenvalue weighted by molar-refractivity contribution is -0.113. The molecule has 1 N–H and O–H groups in total. The van der Waals surface area contributed by atoms with E-state index < -0.39 is 0 Å². The van der Waals surface area contributed by atoms with Crippen molar-refractivity contribution in [1.82, 2.24) is 14.8 Å². The van der Waals surface area contributed by atoms with Gasteiger partial charge in [0.1, 0.15) is 5.82 Å². The normalized spacial score (nSPS) is 17.9. The van der Waals surface area contributed by atoms with E-state index in [1.54, 1.807) is 18.2 Å². The van der Waals surface area contributed by atoms with Crippen molar-refractivity contribution in [3.63, 3.8) is 0 Å². The van der Waals surface area contributed by atoms with Gasteiger partial charge < -0.3 is 9.88 Å². The number of nitrogens with one attached hydrogen (secondary N) is 1. The molecule has 29 heavy (non-hydrogen) atoms. The fourth-order valence-electron chi connectivity index (χ4n) is 3.43. The number of anilines is 1. The zero-order valence-corrected chi connectivity index (χ0v) is 18.1. The van der Waals surface area contributed by atoms with E-state index in [0.29, 0.717) is 27.6 Å². The van der Waals surface area contributed by atoms with E-state index in [1.807, 2.05) is 6.07 Å². The first kappa shape index (κ1) is 20.3. The van der Waals surface area contributed by atoms with Crippen LogP contribution in [-0.2, 0) is 11.3 Å². The van der Waals surface area contributed by atoms with E-state index in [1.165, 1.54) is 17.3 Å². The van der Waals surface area contributed by atoms with E-state index in [9.17, 15) is 4.79 Å². The molecule has 1 saturated carbocycles. The molecule has 5 nitrogen and oxygen atoms in total. The lowest BCUT2D eigenvalue weighted by atomic mass is 10.1. The number of carbonyl (C=O) groups is 1. The SMILES string of the molecule is CCn1c(SCC(=O)Nc2ccc(Cl)c(Cl)c2)nnc1C1CC1c1ccccc1. The number of hydrogen-bond donors (Lipinski definition) is 1. The standard InChI is InChI=1S/C21H20Cl2N4OS/c1-2-27-20(16-11-15(16)13-6-4-3-5-7-13)25-26-21(27)29-12-19(28)24-14-8-9-17(22)18(23)10-14/h3-10,15-16H,2,11-12H2,1H3,(H,24,28). The van der Waals surface area contributed by atoms with Gasteiger partial charge in [-0.05, 0) is 43.0 Å². The number of rotatable bonds is 7. The molecular weight excluding hydrogens is 427 g/mol. The number of amides is 1. The van der Waals surface area contributed by atoms with Gasteiger partial charge in [-0.2, -0.15) is 0 Å². The van der Waals surface area contributed by atoms with Gasteiger partial charge in [0.15, 0.2) is 5.16 Å². The molecule has 2 unspecified atom stereocenters. The first-order valence-electron chi connectivity index (χ1n) is 9.42. The highest BCUT2D eigenvalue weighted by molar-refractivity contribution is 7.99. The molecule has 1 aromatic heterocycles. The Morgan fingerprint density at radius 3 is 2.66 bits per heavy atom. The quantitative estimate of drug-likeness (QED) is 0.479. The lowest BCUT2D eigenvalue weighted by Gasteiger charge is -2.08. The second kappa shape index (κ2) is 8.78. The van der Waals surface area contributed by atoms with Crippen LogP contribution in [0.25, 0.3) is 0 Å². The minimum atomic E-state index is -0.130. The van der Waals surface area contributed by atoms with Crippen LogP contribution in [0, 0.1) is 0 Å². The maximum atomic E-state index is 12.3. The fraction of sp³-hybridized carbons (Fsp3) is 0.286. The number of halogens is 2. The van der Waals surface area contributed by atoms with Crippen LogP contribution >= 0.6 is 35.0 Å². The molecule has 0 spiro atoms. The Labute approximate surface area is 183 Å². The Morgan fingerprint density at radius 1 is 1.14 bits per heavy atom. The topological polar surface area (TPSA) is 59.8 Å². The van der Waals surface area contributed by atoms with E-state index in [0.717, 1.165) is 23.9 Å². The summed E-state index contributed by atoms with van der Waals surface area (Å²) >= 11 is 13.3. The van der Waals surface area contributed by atoms with E-state index in [4.69, 9.17) is 23.2 Å². The second-order valence-electron chi connectivity index (χ2n) is 6.91. The van der Waals surface area contributed by atoms with Gasteiger partial charge in [-0.25, -0.2) is 0 Å². The Hall–Kier alpha value is -2.02. The molecule has 0 bridgehead atoms. The molecule has 0 aliphatic heterocycles. The van der Waals surface area contributed by atoms with Crippen LogP contribution in [0.15, 0.2) is 53.7 Å². The number of thioether (sulfide) groups is 1. The summed E-state index contributed by atoms with van der Waals surface area (Å²) in [4.78, 5) is 12.3. The Balaban J connectivity index is 1.38. The predicted octanol–water partition coefficient (Wildman–Crippen LogP) is 5.61. The van der Waals surface area contributed by atoms with Crippen molar-refractivity contribution >= 4 is 46.6 Å². The summed E-state index contributed by atoms with van der Waals surface area (Å²) in [5, 5.41) is 13.2. The number of hydrogen-bond acceptors (Lipinski definition) is 4. The summed E-state index contributed by atoms with van der Waals surface area (Å²) in [7, 11) is 0. The average Bonchev–Trinajstić information content (AvgIpc) is 3.42. The molecule has 1 aliphatic carbocycles. The van der Waals surface area contributed by atoms with Gasteiger partial charge >= 0.3 is 0 Å². The Bertz CT molecular complexity index is 1020. The van der Waals surface area contributed by atoms with Crippen LogP contribution in [0.1, 0.15) is 36.6 Å². The highest BCUT2D eigenvalue weighted by Gasteiger charge is 2.43. The van der Waals surface area contributed by atoms with E-state index in [-0.39, 0.29) is 11.7 Å². The summed E-state index contributed by atoms with van der Waals surface area (Å²) in [5.74, 6) is 2.01. The smallest absolute Gasteiger partial charge is 0.234 e. The van der Waals surface area contributed by atoms with Crippen molar-refractivity contribution in [1.29, 1.82) is 0 Å². The van der Waals surface area contributed by atoms with Gasteiger partial charge in [0.05, 0.1) is 15.8 Å². The van der Waals surface area contributed by atoms with Gasteiger partial charge in [-0.3, -0.25) is 4.79 Å². The van der Waals surface area contributed by atoms with Gasteiger partial charge in [0.2, 0.25) is 5.91 Å². The molecule has 3 aromatic rings. The number of aromatic nitrogens is 3. The highest BCUT2D eigenvalue weighted by atomic mass is 35.5. The molecule has 0 saturated heterocycles. The molecule has 2 atom stereocenters. The zero-order chi connectivity index (χ0) is 20.4. The van der Waals surface area contributed by atoms with Crippen molar-refractivity contribution in [2.45, 2.75) is 36.9 Å². The molecule has 4 rings (SSSR count). The van der Waals surface area contributed by atoms with Crippen LogP contribution in [0.3, 0.4) is 0 Å². The minimum absolute atomic E-state index is 0.130. The van der Waals surface area contributed by atoms with Crippen molar-refractivity contribution in [2.24, 2.45) is 0 Å². The van der Waals surface area contributed by atoms with E-state index in [2.05, 4.69) is 51.3 Å². The highest BCUT2D eigenvalue weighted by Crippen LogP contribution is 2.54. The summed E-state index contributed by atoms with van der Waals surface area (Å²) in [6.45, 7) is 2.85. The molecule has 1 heterocycles. The molecule has 0 radical (unpaired) electrons. The largest absolute Gasteiger partial charge is 0.325 e. The third-order valence-corrected chi connectivity index (χ3v) is 6.65. The van der Waals surface area contributed by atoms with Gasteiger partial charge in [-0.1, -0.05) is 65.3 Å². The first-order valence-corrected chi connectivity index (χ1v) is 11.2. The molecule has 1 aliphatic rings. The number of carbonyl (C=O) groups excluding carboxylic acids is 1. The summed E-state index contributed by atoms with van der Waals surface area (Å²) < 4.78 is 2.12. The van der Waals surface area contributed by atoms with Crippen LogP contribution < -0.4 is 5.32 Å². The third-order valence-electron chi connectivity index (χ3n) is 4.95. The summed E-state index contributed by atoms with van der Waals surface area (Å²) in [5.41, 5.74) is 1.96. The first-order chi connectivity index (χ1) is 14.1. The molecular formula is C21H20Cl2N4OS. The zero-order valence-electron chi connectivity index (χ0n) is 15.8. The molecule has 8 heteroatoms. The molecule has 150 valence electrons. The van der Waals surface area contributed by atoms with Crippen molar-refractivity contribution in [3.8, 4) is 0 Å². The monoisotopic (exact) mass is 446 g/mol. The Kier molecular flexibility index (Phi) is 6.13. The average molecular weight is 447 g/mol. The molecule has 1 fully saturated rings. The lowest BCUT2D eigenvalue weighted by Crippen LogP contribution is -2.14. The Morgan fingerprint density at radius 2 is 1.93 bits per heavy atom. The maximum absolute atomic E-state index is 12.3. The van der Waals surface area contributed by atoms with Crippen molar-refractivity contribution in [3.05, 3.63) is 70.0 Å². The van der Waals surface area contributed by atoms with Gasteiger partial charge in [0, 0.05) is 18.2 Å². The second-order valence-corrected chi connectivity index (χ2v) is 8.67. The van der Waals surface area contributed by atoms with E-state index >= 15 is 0 Å². The van der Waals surface area contributed by atoms with Crippen LogP contribution in [0.5, 0.6) is 0 Å². The van der Waals surface area contributed by atoms with Gasteiger partial charge in [-0.15, -0.1) is 10.2 Å². The third kappa shape index (κ3) is 4.60. The van der Waals surface area contributed by atoms with Crippen LogP contribution in [0.4, 0.5) is 5.69 Å². The summed E-state index contributed by atoms with van der Waals surface area (Å²) in [6.07, 6.45) is 1.09. The molecule has 2 aromatic carbocycles. The summed E-state index contributed by atoms with van der Waals surface area (Å²) in [6, 6.07) is 15.5. The van der Waals surface area contributed by atoms with Crippen LogP contribution in [-0.4, -0.2) is 26.4 Å². The van der Waals surface area contributed by atoms with Crippen molar-refractivity contribution < 1.29 is 4.79 Å². The minimum Gasteiger partial charge on any atom is -0.325 e. The fourth-order valence-corrected chi connectivity index (χ4v) is 4.54. The number of nitrogens with zero attached hydrogens (tertiary/aromatic N) is 3. The predicted molar refractivity (Wildman–Crippen MR) is 118 cm³/mol. The van der Waals surface area contributed by atoms with Crippen LogP contribution in [0.2, 0.25) is 10.0 Å². The van der Waals surface area contributed by atoms with Gasteiger partial charge in [0.25, 0.3) is 0 Å². The van der Waals surface area contributed by atoms with Crippen molar-refractivity contribution in [2.75, 3.05) is 11.1 Å². The molecule has 1 amide bonds. The number of benzene rings is 2. The maximum Gasteiger partial charge on any atom is 0.234 e.